The number of hydrogen-bond donors (Lipinski definition) is 2. The maximum atomic E-state index is 12.5. The number of rotatable bonds is 2. The Morgan fingerprint density at radius 3 is 2.48 bits per heavy atom. The van der Waals surface area contributed by atoms with E-state index in [1.165, 1.54) is 0 Å². The van der Waals surface area contributed by atoms with Gasteiger partial charge in [0.05, 0.1) is 5.75 Å². The molecule has 0 saturated carbocycles. The number of hydrogen-bond acceptors (Lipinski definition) is 4. The maximum Gasteiger partial charge on any atom is 0.269 e. The minimum atomic E-state index is -3.23. The highest BCUT2D eigenvalue weighted by Crippen LogP contribution is 2.44. The molecular formula is C17H19BrN2O4S. The molecule has 134 valence electrons. The first-order valence-corrected chi connectivity index (χ1v) is 10.5. The normalized spacial score (nSPS) is 24.6. The molecule has 0 bridgehead atoms. The first-order chi connectivity index (χ1) is 11.8. The van der Waals surface area contributed by atoms with Crippen molar-refractivity contribution in [1.29, 1.82) is 0 Å². The number of hydrazine groups is 1. The van der Waals surface area contributed by atoms with Gasteiger partial charge in [-0.1, -0.05) is 21.5 Å². The zero-order chi connectivity index (χ0) is 18.2. The van der Waals surface area contributed by atoms with Crippen LogP contribution < -0.4 is 10.9 Å². The van der Waals surface area contributed by atoms with E-state index < -0.39 is 21.7 Å². The van der Waals surface area contributed by atoms with E-state index in [9.17, 15) is 18.0 Å². The third-order valence-electron chi connectivity index (χ3n) is 4.85. The van der Waals surface area contributed by atoms with Crippen LogP contribution in [0.4, 0.5) is 0 Å². The smallest absolute Gasteiger partial charge is 0.269 e. The van der Waals surface area contributed by atoms with Crippen molar-refractivity contribution in [1.82, 2.24) is 10.9 Å². The zero-order valence-corrected chi connectivity index (χ0v) is 16.1. The quantitative estimate of drug-likeness (QED) is 0.709. The largest absolute Gasteiger partial charge is 0.273 e. The summed E-state index contributed by atoms with van der Waals surface area (Å²) in [6.07, 6.45) is 1.65. The standard InChI is InChI=1S/C17H19BrN2O4S/c1-10-2-7-14(13-8-9-25(23,24)15(10)13)17(22)20-19-16(21)11-3-5-12(18)6-4-11/h3-6,13-14H,2,7-9H2,1H3,(H,19,21)(H,20,22). The van der Waals surface area contributed by atoms with E-state index in [-0.39, 0.29) is 17.6 Å². The molecule has 1 aromatic rings. The van der Waals surface area contributed by atoms with Gasteiger partial charge in [0, 0.05) is 26.8 Å². The molecular weight excluding hydrogens is 408 g/mol. The lowest BCUT2D eigenvalue weighted by Crippen LogP contribution is -2.46. The van der Waals surface area contributed by atoms with Gasteiger partial charge in [-0.05, 0) is 50.5 Å². The van der Waals surface area contributed by atoms with Crippen LogP contribution in [-0.2, 0) is 14.6 Å². The average molecular weight is 427 g/mol. The molecule has 2 aliphatic rings. The van der Waals surface area contributed by atoms with Gasteiger partial charge in [0.2, 0.25) is 5.91 Å². The van der Waals surface area contributed by atoms with Crippen molar-refractivity contribution < 1.29 is 18.0 Å². The van der Waals surface area contributed by atoms with Crippen molar-refractivity contribution >= 4 is 37.6 Å². The molecule has 25 heavy (non-hydrogen) atoms. The van der Waals surface area contributed by atoms with Crippen LogP contribution >= 0.6 is 15.9 Å². The van der Waals surface area contributed by atoms with Crippen molar-refractivity contribution in [2.45, 2.75) is 26.2 Å². The van der Waals surface area contributed by atoms with E-state index in [4.69, 9.17) is 0 Å². The Morgan fingerprint density at radius 2 is 1.80 bits per heavy atom. The molecule has 0 spiro atoms. The predicted molar refractivity (Wildman–Crippen MR) is 97.1 cm³/mol. The Hall–Kier alpha value is -1.67. The van der Waals surface area contributed by atoms with Crippen molar-refractivity contribution in [3.05, 3.63) is 44.8 Å². The van der Waals surface area contributed by atoms with E-state index in [1.807, 2.05) is 6.92 Å². The van der Waals surface area contributed by atoms with Gasteiger partial charge in [0.15, 0.2) is 9.84 Å². The van der Waals surface area contributed by atoms with Crippen molar-refractivity contribution in [3.8, 4) is 0 Å². The lowest BCUT2D eigenvalue weighted by Gasteiger charge is -2.28. The molecule has 2 N–H and O–H groups in total. The average Bonchev–Trinajstić information content (AvgIpc) is 2.90. The molecule has 3 rings (SSSR count). The summed E-state index contributed by atoms with van der Waals surface area (Å²) in [6, 6.07) is 6.75. The highest BCUT2D eigenvalue weighted by Gasteiger charge is 2.45. The number of benzene rings is 1. The van der Waals surface area contributed by atoms with Gasteiger partial charge in [-0.2, -0.15) is 0 Å². The molecule has 2 amide bonds. The lowest BCUT2D eigenvalue weighted by molar-refractivity contribution is -0.127. The third kappa shape index (κ3) is 3.64. The summed E-state index contributed by atoms with van der Waals surface area (Å²) in [7, 11) is -3.23. The monoisotopic (exact) mass is 426 g/mol. The Labute approximate surface area is 155 Å². The third-order valence-corrected chi connectivity index (χ3v) is 7.47. The molecule has 1 fully saturated rings. The lowest BCUT2D eigenvalue weighted by atomic mass is 9.79. The molecule has 1 aliphatic carbocycles. The molecule has 2 atom stereocenters. The Bertz CT molecular complexity index is 846. The number of fused-ring (bicyclic) bond motifs is 1. The summed E-state index contributed by atoms with van der Waals surface area (Å²) in [6.45, 7) is 1.83. The fraction of sp³-hybridized carbons (Fsp3) is 0.412. The summed E-state index contributed by atoms with van der Waals surface area (Å²) in [5.74, 6) is -1.36. The summed E-state index contributed by atoms with van der Waals surface area (Å²) in [5.41, 5.74) is 6.15. The van der Waals surface area contributed by atoms with E-state index in [0.717, 1.165) is 10.0 Å². The van der Waals surface area contributed by atoms with Crippen LogP contribution in [0, 0.1) is 11.8 Å². The minimum Gasteiger partial charge on any atom is -0.273 e. The SMILES string of the molecule is CC1=C2C(CCS2(=O)=O)C(C(=O)NNC(=O)c2ccc(Br)cc2)CC1. The molecule has 0 aromatic heterocycles. The second kappa shape index (κ2) is 6.92. The molecule has 6 nitrogen and oxygen atoms in total. The Morgan fingerprint density at radius 1 is 1.12 bits per heavy atom. The summed E-state index contributed by atoms with van der Waals surface area (Å²) in [5, 5.41) is 0. The number of nitrogens with one attached hydrogen (secondary N) is 2. The van der Waals surface area contributed by atoms with E-state index >= 15 is 0 Å². The fourth-order valence-corrected chi connectivity index (χ4v) is 6.04. The maximum absolute atomic E-state index is 12.5. The molecule has 8 heteroatoms. The molecule has 0 radical (unpaired) electrons. The van der Waals surface area contributed by atoms with E-state index in [2.05, 4.69) is 26.8 Å². The van der Waals surface area contributed by atoms with Crippen molar-refractivity contribution in [2.24, 2.45) is 11.8 Å². The second-order valence-corrected chi connectivity index (χ2v) is 9.45. The van der Waals surface area contributed by atoms with Crippen LogP contribution in [0.2, 0.25) is 0 Å². The van der Waals surface area contributed by atoms with Crippen LogP contribution in [0.15, 0.2) is 39.2 Å². The van der Waals surface area contributed by atoms with Gasteiger partial charge in [-0.25, -0.2) is 8.42 Å². The van der Waals surface area contributed by atoms with Crippen molar-refractivity contribution in [2.75, 3.05) is 5.75 Å². The van der Waals surface area contributed by atoms with Gasteiger partial charge in [-0.3, -0.25) is 20.4 Å². The summed E-state index contributed by atoms with van der Waals surface area (Å²) >= 11 is 3.29. The van der Waals surface area contributed by atoms with Gasteiger partial charge in [0.25, 0.3) is 5.91 Å². The fourth-order valence-electron chi connectivity index (χ4n) is 3.61. The first kappa shape index (κ1) is 18.1. The number of amides is 2. The van der Waals surface area contributed by atoms with Gasteiger partial charge < -0.3 is 0 Å². The van der Waals surface area contributed by atoms with E-state index in [0.29, 0.717) is 29.7 Å². The van der Waals surface area contributed by atoms with Gasteiger partial charge >= 0.3 is 0 Å². The topological polar surface area (TPSA) is 92.3 Å². The van der Waals surface area contributed by atoms with E-state index in [1.54, 1.807) is 24.3 Å². The molecule has 1 aliphatic heterocycles. The first-order valence-electron chi connectivity index (χ1n) is 8.08. The number of sulfone groups is 1. The summed E-state index contributed by atoms with van der Waals surface area (Å²) in [4.78, 5) is 25.0. The molecule has 1 heterocycles. The van der Waals surface area contributed by atoms with Crippen LogP contribution in [0.3, 0.4) is 0 Å². The highest BCUT2D eigenvalue weighted by molar-refractivity contribution is 9.10. The van der Waals surface area contributed by atoms with Crippen molar-refractivity contribution in [3.63, 3.8) is 0 Å². The van der Waals surface area contributed by atoms with Crippen LogP contribution in [0.5, 0.6) is 0 Å². The van der Waals surface area contributed by atoms with Gasteiger partial charge in [0.1, 0.15) is 0 Å². The summed E-state index contributed by atoms with van der Waals surface area (Å²) < 4.78 is 25.2. The minimum absolute atomic E-state index is 0.0966. The predicted octanol–water partition coefficient (Wildman–Crippen LogP) is 2.33. The number of carbonyl (C=O) groups excluding carboxylic acids is 2. The Balaban J connectivity index is 1.66. The second-order valence-electron chi connectivity index (χ2n) is 6.45. The van der Waals surface area contributed by atoms with Crippen LogP contribution in [0.1, 0.15) is 36.5 Å². The number of allylic oxidation sites excluding steroid dienone is 2. The highest BCUT2D eigenvalue weighted by atomic mass is 79.9. The number of halogens is 1. The van der Waals surface area contributed by atoms with Crippen LogP contribution in [0.25, 0.3) is 0 Å². The Kier molecular flexibility index (Phi) is 5.02. The van der Waals surface area contributed by atoms with Gasteiger partial charge in [-0.15, -0.1) is 0 Å². The molecule has 1 aromatic carbocycles. The molecule has 1 saturated heterocycles. The molecule has 2 unspecified atom stereocenters. The zero-order valence-electron chi connectivity index (χ0n) is 13.7. The van der Waals surface area contributed by atoms with Crippen LogP contribution in [-0.4, -0.2) is 26.0 Å². The number of carbonyl (C=O) groups is 2.